The van der Waals surface area contributed by atoms with Crippen LogP contribution in [0.2, 0.25) is 0 Å². The summed E-state index contributed by atoms with van der Waals surface area (Å²) in [6, 6.07) is 10.2. The summed E-state index contributed by atoms with van der Waals surface area (Å²) in [5.41, 5.74) is 0. The minimum atomic E-state index is -3.69. The van der Waals surface area contributed by atoms with Crippen LogP contribution in [0.3, 0.4) is 0 Å². The van der Waals surface area contributed by atoms with E-state index in [1.807, 2.05) is 13.0 Å². The van der Waals surface area contributed by atoms with Crippen molar-refractivity contribution in [1.82, 2.24) is 0 Å². The number of rotatable bonds is 3. The molecule has 0 aliphatic carbocycles. The fraction of sp³-hybridized carbons (Fsp3) is 0.0909. The Morgan fingerprint density at radius 3 is 2.59 bits per heavy atom. The fourth-order valence-corrected chi connectivity index (χ4v) is 3.92. The summed E-state index contributed by atoms with van der Waals surface area (Å²) in [7, 11) is -3.69. The average Bonchev–Trinajstić information content (AvgIpc) is 2.65. The van der Waals surface area contributed by atoms with Gasteiger partial charge in [0.1, 0.15) is 5.75 Å². The van der Waals surface area contributed by atoms with Crippen LogP contribution in [-0.2, 0) is 10.1 Å². The van der Waals surface area contributed by atoms with Gasteiger partial charge in [0.05, 0.1) is 0 Å². The zero-order valence-corrected chi connectivity index (χ0v) is 12.7. The lowest BCUT2D eigenvalue weighted by atomic mass is 10.3. The molecule has 1 heterocycles. The molecule has 0 bridgehead atoms. The van der Waals surface area contributed by atoms with E-state index < -0.39 is 10.1 Å². The highest BCUT2D eigenvalue weighted by Gasteiger charge is 2.18. The molecule has 1 aromatic carbocycles. The van der Waals surface area contributed by atoms with Gasteiger partial charge in [-0.1, -0.05) is 6.07 Å². The van der Waals surface area contributed by atoms with Crippen LogP contribution in [-0.4, -0.2) is 8.42 Å². The van der Waals surface area contributed by atoms with Crippen molar-refractivity contribution in [2.75, 3.05) is 0 Å². The lowest BCUT2D eigenvalue weighted by Crippen LogP contribution is -2.07. The largest absolute Gasteiger partial charge is 0.378 e. The first-order valence-electron chi connectivity index (χ1n) is 4.74. The van der Waals surface area contributed by atoms with Gasteiger partial charge in [0.15, 0.2) is 4.21 Å². The minimum Gasteiger partial charge on any atom is -0.378 e. The molecule has 0 radical (unpaired) electrons. The van der Waals surface area contributed by atoms with E-state index >= 15 is 0 Å². The van der Waals surface area contributed by atoms with Crippen LogP contribution in [0.15, 0.2) is 40.6 Å². The second-order valence-corrected chi connectivity index (χ2v) is 7.67. The molecule has 2 rings (SSSR count). The fourth-order valence-electron chi connectivity index (χ4n) is 1.23. The van der Waals surface area contributed by atoms with E-state index in [4.69, 9.17) is 4.18 Å². The van der Waals surface area contributed by atoms with E-state index in [2.05, 4.69) is 22.6 Å². The van der Waals surface area contributed by atoms with Crippen molar-refractivity contribution < 1.29 is 12.6 Å². The van der Waals surface area contributed by atoms with Crippen LogP contribution in [0.25, 0.3) is 0 Å². The SMILES string of the molecule is Cc1ccc(S(=O)(=O)Oc2cccc(I)c2)s1. The van der Waals surface area contributed by atoms with Gasteiger partial charge in [0.2, 0.25) is 0 Å². The summed E-state index contributed by atoms with van der Waals surface area (Å²) < 4.78 is 30.0. The first-order valence-corrected chi connectivity index (χ1v) is 8.04. The Morgan fingerprint density at radius 1 is 1.24 bits per heavy atom. The van der Waals surface area contributed by atoms with Gasteiger partial charge in [-0.2, -0.15) is 8.42 Å². The monoisotopic (exact) mass is 380 g/mol. The molecule has 0 N–H and O–H groups in total. The van der Waals surface area contributed by atoms with Gasteiger partial charge in [-0.15, -0.1) is 11.3 Å². The van der Waals surface area contributed by atoms with Crippen molar-refractivity contribution in [1.29, 1.82) is 0 Å². The summed E-state index contributed by atoms with van der Waals surface area (Å²) in [6.07, 6.45) is 0. The minimum absolute atomic E-state index is 0.230. The molecular weight excluding hydrogens is 371 g/mol. The Balaban J connectivity index is 2.29. The molecular formula is C11H9IO3S2. The maximum atomic E-state index is 11.9. The highest BCUT2D eigenvalue weighted by atomic mass is 127. The van der Waals surface area contributed by atoms with Crippen LogP contribution >= 0.6 is 33.9 Å². The van der Waals surface area contributed by atoms with Crippen molar-refractivity contribution in [3.05, 3.63) is 44.8 Å². The normalized spacial score (nSPS) is 11.4. The molecule has 0 amide bonds. The van der Waals surface area contributed by atoms with Crippen molar-refractivity contribution in [2.45, 2.75) is 11.1 Å². The van der Waals surface area contributed by atoms with Gasteiger partial charge < -0.3 is 4.18 Å². The molecule has 0 spiro atoms. The zero-order valence-electron chi connectivity index (χ0n) is 8.88. The summed E-state index contributed by atoms with van der Waals surface area (Å²) in [5.74, 6) is 0.336. The third-order valence-electron chi connectivity index (χ3n) is 1.96. The summed E-state index contributed by atoms with van der Waals surface area (Å²) in [6.45, 7) is 1.86. The molecule has 0 saturated carbocycles. The molecule has 6 heteroatoms. The second-order valence-electron chi connectivity index (χ2n) is 3.36. The molecule has 0 aliphatic heterocycles. The lowest BCUT2D eigenvalue weighted by molar-refractivity contribution is 0.488. The Kier molecular flexibility index (Phi) is 3.74. The van der Waals surface area contributed by atoms with E-state index in [0.717, 1.165) is 8.45 Å². The van der Waals surface area contributed by atoms with Crippen LogP contribution in [0.4, 0.5) is 0 Å². The van der Waals surface area contributed by atoms with Crippen LogP contribution in [0.5, 0.6) is 5.75 Å². The molecule has 0 saturated heterocycles. The van der Waals surface area contributed by atoms with Crippen molar-refractivity contribution in [2.24, 2.45) is 0 Å². The van der Waals surface area contributed by atoms with Crippen molar-refractivity contribution in [3.63, 3.8) is 0 Å². The second kappa shape index (κ2) is 4.95. The smallest absolute Gasteiger partial charge is 0.348 e. The highest BCUT2D eigenvalue weighted by molar-refractivity contribution is 14.1. The van der Waals surface area contributed by atoms with Crippen molar-refractivity contribution in [3.8, 4) is 5.75 Å². The van der Waals surface area contributed by atoms with Gasteiger partial charge in [0, 0.05) is 8.45 Å². The standard InChI is InChI=1S/C11H9IO3S2/c1-8-5-6-11(16-8)17(13,14)15-10-4-2-3-9(12)7-10/h2-7H,1H3. The average molecular weight is 380 g/mol. The van der Waals surface area contributed by atoms with E-state index in [0.29, 0.717) is 5.75 Å². The molecule has 0 atom stereocenters. The van der Waals surface area contributed by atoms with Crippen LogP contribution in [0, 0.1) is 10.5 Å². The Labute approximate surface area is 118 Å². The molecule has 90 valence electrons. The Morgan fingerprint density at radius 2 is 2.00 bits per heavy atom. The maximum Gasteiger partial charge on any atom is 0.348 e. The van der Waals surface area contributed by atoms with Gasteiger partial charge in [-0.05, 0) is 59.8 Å². The maximum absolute atomic E-state index is 11.9. The topological polar surface area (TPSA) is 43.4 Å². The van der Waals surface area contributed by atoms with E-state index in [9.17, 15) is 8.42 Å². The van der Waals surface area contributed by atoms with E-state index in [1.54, 1.807) is 30.3 Å². The summed E-state index contributed by atoms with van der Waals surface area (Å²) in [4.78, 5) is 0.940. The summed E-state index contributed by atoms with van der Waals surface area (Å²) in [5, 5.41) is 0. The van der Waals surface area contributed by atoms with Gasteiger partial charge >= 0.3 is 10.1 Å². The quantitative estimate of drug-likeness (QED) is 0.606. The number of halogens is 1. The van der Waals surface area contributed by atoms with Crippen LogP contribution in [0.1, 0.15) is 4.88 Å². The van der Waals surface area contributed by atoms with E-state index in [1.165, 1.54) is 11.3 Å². The molecule has 17 heavy (non-hydrogen) atoms. The number of thiophene rings is 1. The third kappa shape index (κ3) is 3.20. The lowest BCUT2D eigenvalue weighted by Gasteiger charge is -2.04. The predicted octanol–water partition coefficient (Wildman–Crippen LogP) is 3.43. The number of hydrogen-bond donors (Lipinski definition) is 0. The first-order chi connectivity index (χ1) is 7.97. The Hall–Kier alpha value is -0.600. The van der Waals surface area contributed by atoms with Crippen molar-refractivity contribution >= 4 is 44.0 Å². The molecule has 1 aromatic heterocycles. The number of hydrogen-bond acceptors (Lipinski definition) is 4. The number of aryl methyl sites for hydroxylation is 1. The van der Waals surface area contributed by atoms with Gasteiger partial charge in [-0.3, -0.25) is 0 Å². The molecule has 0 unspecified atom stereocenters. The Bertz CT molecular complexity index is 632. The molecule has 3 nitrogen and oxygen atoms in total. The van der Waals surface area contributed by atoms with E-state index in [-0.39, 0.29) is 4.21 Å². The molecule has 2 aromatic rings. The molecule has 0 aliphatic rings. The number of benzene rings is 1. The third-order valence-corrected chi connectivity index (χ3v) is 5.33. The summed E-state index contributed by atoms with van der Waals surface area (Å²) >= 11 is 3.31. The highest BCUT2D eigenvalue weighted by Crippen LogP contribution is 2.25. The predicted molar refractivity (Wildman–Crippen MR) is 76.0 cm³/mol. The van der Waals surface area contributed by atoms with Gasteiger partial charge in [0.25, 0.3) is 0 Å². The first kappa shape index (κ1) is 12.8. The van der Waals surface area contributed by atoms with Crippen LogP contribution < -0.4 is 4.18 Å². The zero-order chi connectivity index (χ0) is 12.5. The van der Waals surface area contributed by atoms with Gasteiger partial charge in [-0.25, -0.2) is 0 Å². The molecule has 0 fully saturated rings.